The number of likely N-dealkylation sites (N-methyl/N-ethyl adjacent to an activating group) is 1. The van der Waals surface area contributed by atoms with E-state index >= 15 is 0 Å². The van der Waals surface area contributed by atoms with Gasteiger partial charge in [-0.25, -0.2) is 0 Å². The third-order valence-corrected chi connectivity index (χ3v) is 5.62. The maximum Gasteiger partial charge on any atom is 0.107 e. The molecule has 0 saturated heterocycles. The molecule has 0 aliphatic heterocycles. The zero-order chi connectivity index (χ0) is 14.5. The Kier molecular flexibility index (Phi) is 6.05. The quantitative estimate of drug-likeness (QED) is 0.798. The minimum atomic E-state index is 0.370. The minimum absolute atomic E-state index is 0.370. The van der Waals surface area contributed by atoms with Crippen molar-refractivity contribution in [1.82, 2.24) is 10.2 Å². The van der Waals surface area contributed by atoms with Gasteiger partial charge in [0.2, 0.25) is 0 Å². The summed E-state index contributed by atoms with van der Waals surface area (Å²) in [5.74, 6) is 0. The molecule has 0 saturated carbocycles. The average molecular weight is 374 g/mol. The SMILES string of the molecule is CN(C)C(CNCc1cc(Br)c(Cl)s1)c1ccccc1. The molecule has 0 aliphatic carbocycles. The van der Waals surface area contributed by atoms with Crippen molar-refractivity contribution in [2.45, 2.75) is 12.6 Å². The molecule has 1 N–H and O–H groups in total. The van der Waals surface area contributed by atoms with E-state index in [-0.39, 0.29) is 0 Å². The van der Waals surface area contributed by atoms with Gasteiger partial charge in [0.05, 0.1) is 0 Å². The summed E-state index contributed by atoms with van der Waals surface area (Å²) in [5.41, 5.74) is 1.33. The molecule has 1 heterocycles. The van der Waals surface area contributed by atoms with Gasteiger partial charge in [0, 0.05) is 28.5 Å². The second kappa shape index (κ2) is 7.57. The summed E-state index contributed by atoms with van der Waals surface area (Å²) in [7, 11) is 4.22. The van der Waals surface area contributed by atoms with Gasteiger partial charge < -0.3 is 10.2 Å². The lowest BCUT2D eigenvalue weighted by atomic mass is 10.1. The standard InChI is InChI=1S/C15H18BrClN2S/c1-19(2)14(11-6-4-3-5-7-11)10-18-9-12-8-13(16)15(17)20-12/h3-8,14,18H,9-10H2,1-2H3. The summed E-state index contributed by atoms with van der Waals surface area (Å²) >= 11 is 11.1. The summed E-state index contributed by atoms with van der Waals surface area (Å²) in [6.45, 7) is 1.75. The first-order valence-corrected chi connectivity index (χ1v) is 8.42. The predicted molar refractivity (Wildman–Crippen MR) is 91.6 cm³/mol. The van der Waals surface area contributed by atoms with Gasteiger partial charge in [-0.05, 0) is 41.7 Å². The number of nitrogens with one attached hydrogen (secondary N) is 1. The van der Waals surface area contributed by atoms with Crippen molar-refractivity contribution in [1.29, 1.82) is 0 Å². The number of hydrogen-bond acceptors (Lipinski definition) is 3. The van der Waals surface area contributed by atoms with Crippen LogP contribution >= 0.6 is 38.9 Å². The van der Waals surface area contributed by atoms with Gasteiger partial charge in [-0.1, -0.05) is 41.9 Å². The maximum absolute atomic E-state index is 6.05. The monoisotopic (exact) mass is 372 g/mol. The predicted octanol–water partition coefficient (Wildman–Crippen LogP) is 4.56. The first-order valence-electron chi connectivity index (χ1n) is 6.43. The lowest BCUT2D eigenvalue weighted by molar-refractivity contribution is 0.288. The second-order valence-electron chi connectivity index (χ2n) is 4.86. The highest BCUT2D eigenvalue weighted by Gasteiger charge is 2.13. The molecule has 1 atom stereocenters. The molecular formula is C15H18BrClN2S. The lowest BCUT2D eigenvalue weighted by Crippen LogP contribution is -2.30. The molecule has 0 aliphatic rings. The number of benzene rings is 1. The maximum atomic E-state index is 6.05. The molecule has 2 aromatic rings. The lowest BCUT2D eigenvalue weighted by Gasteiger charge is -2.25. The highest BCUT2D eigenvalue weighted by molar-refractivity contribution is 9.10. The number of hydrogen-bond donors (Lipinski definition) is 1. The van der Waals surface area contributed by atoms with Crippen molar-refractivity contribution >= 4 is 38.9 Å². The first kappa shape index (κ1) is 16.0. The van der Waals surface area contributed by atoms with Crippen molar-refractivity contribution in [3.05, 3.63) is 55.6 Å². The largest absolute Gasteiger partial charge is 0.310 e. The second-order valence-corrected chi connectivity index (χ2v) is 7.45. The highest BCUT2D eigenvalue weighted by Crippen LogP contribution is 2.31. The molecule has 0 radical (unpaired) electrons. The molecular weight excluding hydrogens is 356 g/mol. The van der Waals surface area contributed by atoms with Crippen molar-refractivity contribution in [3.63, 3.8) is 0 Å². The van der Waals surface area contributed by atoms with Gasteiger partial charge in [0.25, 0.3) is 0 Å². The van der Waals surface area contributed by atoms with Crippen molar-refractivity contribution in [3.8, 4) is 0 Å². The Balaban J connectivity index is 1.93. The number of nitrogens with zero attached hydrogens (tertiary/aromatic N) is 1. The van der Waals surface area contributed by atoms with Crippen LogP contribution in [0.2, 0.25) is 4.34 Å². The van der Waals surface area contributed by atoms with Crippen LogP contribution in [-0.4, -0.2) is 25.5 Å². The molecule has 5 heteroatoms. The van der Waals surface area contributed by atoms with Gasteiger partial charge in [0.1, 0.15) is 4.34 Å². The Labute approximate surface area is 137 Å². The van der Waals surface area contributed by atoms with Crippen LogP contribution in [0, 0.1) is 0 Å². The molecule has 0 bridgehead atoms. The van der Waals surface area contributed by atoms with Gasteiger partial charge >= 0.3 is 0 Å². The Hall–Kier alpha value is -0.390. The topological polar surface area (TPSA) is 15.3 Å². The molecule has 2 rings (SSSR count). The first-order chi connectivity index (χ1) is 9.58. The molecule has 108 valence electrons. The molecule has 0 spiro atoms. The normalized spacial score (nSPS) is 12.8. The minimum Gasteiger partial charge on any atom is -0.310 e. The van der Waals surface area contributed by atoms with E-state index < -0.39 is 0 Å². The smallest absolute Gasteiger partial charge is 0.107 e. The Bertz CT molecular complexity index is 523. The third kappa shape index (κ3) is 4.30. The van der Waals surface area contributed by atoms with E-state index in [1.54, 1.807) is 11.3 Å². The highest BCUT2D eigenvalue weighted by atomic mass is 79.9. The molecule has 1 aromatic heterocycles. The van der Waals surface area contributed by atoms with E-state index in [2.05, 4.69) is 76.6 Å². The van der Waals surface area contributed by atoms with Crippen LogP contribution in [0.3, 0.4) is 0 Å². The summed E-state index contributed by atoms with van der Waals surface area (Å²) in [5, 5.41) is 3.51. The molecule has 0 fully saturated rings. The summed E-state index contributed by atoms with van der Waals surface area (Å²) < 4.78 is 1.79. The van der Waals surface area contributed by atoms with Crippen LogP contribution in [-0.2, 0) is 6.54 Å². The van der Waals surface area contributed by atoms with Crippen LogP contribution in [0.5, 0.6) is 0 Å². The molecule has 0 amide bonds. The molecule has 1 aromatic carbocycles. The Morgan fingerprint density at radius 2 is 2.00 bits per heavy atom. The summed E-state index contributed by atoms with van der Waals surface area (Å²) in [6, 6.07) is 13.0. The number of halogens is 2. The molecule has 2 nitrogen and oxygen atoms in total. The van der Waals surface area contributed by atoms with Crippen LogP contribution in [0.25, 0.3) is 0 Å². The van der Waals surface area contributed by atoms with Crippen LogP contribution in [0.4, 0.5) is 0 Å². The van der Waals surface area contributed by atoms with Gasteiger partial charge in [0.15, 0.2) is 0 Å². The zero-order valence-corrected chi connectivity index (χ0v) is 14.7. The summed E-state index contributed by atoms with van der Waals surface area (Å²) in [6.07, 6.45) is 0. The van der Waals surface area contributed by atoms with Crippen molar-refractivity contribution in [2.24, 2.45) is 0 Å². The number of rotatable bonds is 6. The fourth-order valence-corrected chi connectivity index (χ4v) is 3.84. The zero-order valence-electron chi connectivity index (χ0n) is 11.6. The van der Waals surface area contributed by atoms with E-state index in [0.29, 0.717) is 6.04 Å². The average Bonchev–Trinajstić information content (AvgIpc) is 2.74. The Morgan fingerprint density at radius 1 is 1.30 bits per heavy atom. The molecule has 20 heavy (non-hydrogen) atoms. The van der Waals surface area contributed by atoms with Gasteiger partial charge in [-0.3, -0.25) is 0 Å². The fraction of sp³-hybridized carbons (Fsp3) is 0.333. The van der Waals surface area contributed by atoms with Crippen molar-refractivity contribution < 1.29 is 0 Å². The van der Waals surface area contributed by atoms with E-state index in [0.717, 1.165) is 21.9 Å². The van der Waals surface area contributed by atoms with Crippen molar-refractivity contribution in [2.75, 3.05) is 20.6 Å². The van der Waals surface area contributed by atoms with Crippen LogP contribution in [0.15, 0.2) is 40.9 Å². The number of thiophene rings is 1. The van der Waals surface area contributed by atoms with E-state index in [4.69, 9.17) is 11.6 Å². The van der Waals surface area contributed by atoms with Crippen LogP contribution in [0.1, 0.15) is 16.5 Å². The fourth-order valence-electron chi connectivity index (χ4n) is 2.08. The van der Waals surface area contributed by atoms with E-state index in [1.165, 1.54) is 10.4 Å². The van der Waals surface area contributed by atoms with E-state index in [9.17, 15) is 0 Å². The van der Waals surface area contributed by atoms with Gasteiger partial charge in [-0.15, -0.1) is 11.3 Å². The van der Waals surface area contributed by atoms with E-state index in [1.807, 2.05) is 0 Å². The summed E-state index contributed by atoms with van der Waals surface area (Å²) in [4.78, 5) is 3.48. The molecule has 1 unspecified atom stereocenters. The Morgan fingerprint density at radius 3 is 2.55 bits per heavy atom. The third-order valence-electron chi connectivity index (χ3n) is 3.14. The van der Waals surface area contributed by atoms with Crippen LogP contribution < -0.4 is 5.32 Å². The van der Waals surface area contributed by atoms with Gasteiger partial charge in [-0.2, -0.15) is 0 Å².